The Hall–Kier alpha value is -0.850. The van der Waals surface area contributed by atoms with E-state index >= 15 is 0 Å². The normalized spacial score (nSPS) is 18.1. The highest BCUT2D eigenvalue weighted by Crippen LogP contribution is 2.27. The van der Waals surface area contributed by atoms with Crippen LogP contribution in [0.2, 0.25) is 0 Å². The predicted molar refractivity (Wildman–Crippen MR) is 95.3 cm³/mol. The Kier molecular flexibility index (Phi) is 6.26. The smallest absolute Gasteiger partial charge is 0.190 e. The van der Waals surface area contributed by atoms with Crippen LogP contribution in [0.3, 0.4) is 0 Å². The van der Waals surface area contributed by atoms with E-state index in [9.17, 15) is 0 Å². The molecule has 2 rings (SSSR count). The molecule has 0 fully saturated rings. The molecule has 0 aliphatic heterocycles. The summed E-state index contributed by atoms with van der Waals surface area (Å²) >= 11 is 5.28. The highest BCUT2D eigenvalue weighted by atomic mass is 79.9. The molecule has 0 saturated heterocycles. The Morgan fingerprint density at radius 1 is 1.52 bits per heavy atom. The van der Waals surface area contributed by atoms with Crippen LogP contribution < -0.4 is 0 Å². The van der Waals surface area contributed by atoms with Crippen LogP contribution in [0.15, 0.2) is 34.7 Å². The average molecular weight is 369 g/mol. The van der Waals surface area contributed by atoms with Crippen LogP contribution in [0.1, 0.15) is 26.0 Å². The molecule has 1 aromatic heterocycles. The maximum atomic E-state index is 4.70. The molecule has 0 amide bonds. The van der Waals surface area contributed by atoms with Crippen LogP contribution in [-0.2, 0) is 0 Å². The summed E-state index contributed by atoms with van der Waals surface area (Å²) in [5.41, 5.74) is 2.11. The first-order valence-electron chi connectivity index (χ1n) is 7.12. The topological polar surface area (TPSA) is 33.4 Å². The van der Waals surface area contributed by atoms with Crippen LogP contribution in [-0.4, -0.2) is 45.1 Å². The fraction of sp³-hybridized carbons (Fsp3) is 0.467. The van der Waals surface area contributed by atoms with E-state index in [0.717, 1.165) is 41.8 Å². The molecule has 114 valence electrons. The Balaban J connectivity index is 2.12. The van der Waals surface area contributed by atoms with E-state index in [2.05, 4.69) is 64.7 Å². The molecule has 4 nitrogen and oxygen atoms in total. The Labute approximate surface area is 139 Å². The molecule has 1 unspecified atom stereocenters. The summed E-state index contributed by atoms with van der Waals surface area (Å²) in [6.07, 6.45) is 9.40. The molecule has 1 heterocycles. The van der Waals surface area contributed by atoms with Crippen molar-refractivity contribution in [3.05, 3.63) is 30.1 Å². The molecule has 0 radical (unpaired) electrons. The first-order chi connectivity index (χ1) is 10.2. The third-order valence-electron chi connectivity index (χ3n) is 3.42. The number of nitrogens with zero attached hydrogens (tertiary/aromatic N) is 4. The number of alkyl halides is 1. The molecule has 0 spiro atoms. The van der Waals surface area contributed by atoms with Crippen molar-refractivity contribution in [3.8, 4) is 0 Å². The van der Waals surface area contributed by atoms with Gasteiger partial charge in [0.2, 0.25) is 0 Å². The zero-order valence-electron chi connectivity index (χ0n) is 12.5. The van der Waals surface area contributed by atoms with Crippen molar-refractivity contribution in [1.29, 1.82) is 0 Å². The van der Waals surface area contributed by atoms with Gasteiger partial charge in [-0.2, -0.15) is 5.10 Å². The SMILES string of the molecule is C=Nn1cc(C2=CCC(Br)C=C2)nc1SCN(CC)CC. The van der Waals surface area contributed by atoms with Crippen LogP contribution >= 0.6 is 27.7 Å². The number of hydrogen-bond acceptors (Lipinski definition) is 4. The highest BCUT2D eigenvalue weighted by Gasteiger charge is 2.13. The van der Waals surface area contributed by atoms with Crippen molar-refractivity contribution in [3.63, 3.8) is 0 Å². The summed E-state index contributed by atoms with van der Waals surface area (Å²) in [5.74, 6) is 0.914. The Morgan fingerprint density at radius 2 is 2.29 bits per heavy atom. The molecular formula is C15H21BrN4S. The number of imidazole rings is 1. The first-order valence-corrected chi connectivity index (χ1v) is 9.02. The molecule has 1 aliphatic carbocycles. The molecule has 0 saturated carbocycles. The van der Waals surface area contributed by atoms with E-state index in [0.29, 0.717) is 4.83 Å². The molecule has 6 heteroatoms. The van der Waals surface area contributed by atoms with Gasteiger partial charge in [0, 0.05) is 11.5 Å². The largest absolute Gasteiger partial charge is 0.294 e. The second-order valence-electron chi connectivity index (χ2n) is 4.74. The van der Waals surface area contributed by atoms with E-state index in [1.165, 1.54) is 0 Å². The maximum Gasteiger partial charge on any atom is 0.190 e. The Bertz CT molecular complexity index is 546. The second kappa shape index (κ2) is 7.96. The molecule has 0 bridgehead atoms. The van der Waals surface area contributed by atoms with Crippen molar-refractivity contribution in [2.24, 2.45) is 5.10 Å². The fourth-order valence-electron chi connectivity index (χ4n) is 2.03. The monoisotopic (exact) mass is 368 g/mol. The summed E-state index contributed by atoms with van der Waals surface area (Å²) in [6.45, 7) is 10.0. The number of aromatic nitrogens is 2. The zero-order chi connectivity index (χ0) is 15.2. The predicted octanol–water partition coefficient (Wildman–Crippen LogP) is 3.85. The van der Waals surface area contributed by atoms with Gasteiger partial charge in [-0.3, -0.25) is 4.90 Å². The molecule has 1 atom stereocenters. The quantitative estimate of drug-likeness (QED) is 0.317. The third-order valence-corrected chi connectivity index (χ3v) is 5.13. The van der Waals surface area contributed by atoms with Crippen LogP contribution in [0.4, 0.5) is 0 Å². The summed E-state index contributed by atoms with van der Waals surface area (Å²) in [7, 11) is 0. The lowest BCUT2D eigenvalue weighted by molar-refractivity contribution is 0.358. The van der Waals surface area contributed by atoms with Crippen molar-refractivity contribution in [2.75, 3.05) is 19.0 Å². The number of halogens is 1. The molecule has 1 aromatic rings. The van der Waals surface area contributed by atoms with Crippen molar-refractivity contribution >= 4 is 40.0 Å². The van der Waals surface area contributed by atoms with Crippen LogP contribution in [0, 0.1) is 0 Å². The van der Waals surface area contributed by atoms with Gasteiger partial charge in [-0.1, -0.05) is 59.8 Å². The highest BCUT2D eigenvalue weighted by molar-refractivity contribution is 9.09. The summed E-state index contributed by atoms with van der Waals surface area (Å²) in [6, 6.07) is 0. The van der Waals surface area contributed by atoms with Gasteiger partial charge < -0.3 is 0 Å². The molecule has 0 N–H and O–H groups in total. The minimum atomic E-state index is 0.428. The van der Waals surface area contributed by atoms with E-state index < -0.39 is 0 Å². The van der Waals surface area contributed by atoms with E-state index in [4.69, 9.17) is 4.98 Å². The molecule has 0 aromatic carbocycles. The van der Waals surface area contributed by atoms with Crippen molar-refractivity contribution in [2.45, 2.75) is 30.3 Å². The minimum Gasteiger partial charge on any atom is -0.294 e. The number of allylic oxidation sites excluding steroid dienone is 4. The van der Waals surface area contributed by atoms with Crippen molar-refractivity contribution in [1.82, 2.24) is 14.6 Å². The first kappa shape index (κ1) is 16.5. The average Bonchev–Trinajstić information content (AvgIpc) is 2.92. The van der Waals surface area contributed by atoms with Gasteiger partial charge in [0.05, 0.1) is 17.8 Å². The van der Waals surface area contributed by atoms with Gasteiger partial charge in [-0.05, 0) is 25.1 Å². The zero-order valence-corrected chi connectivity index (χ0v) is 14.9. The molecular weight excluding hydrogens is 348 g/mol. The van der Waals surface area contributed by atoms with Crippen LogP contribution in [0.5, 0.6) is 0 Å². The van der Waals surface area contributed by atoms with Crippen LogP contribution in [0.25, 0.3) is 5.57 Å². The summed E-state index contributed by atoms with van der Waals surface area (Å²) < 4.78 is 1.76. The van der Waals surface area contributed by atoms with Gasteiger partial charge in [0.1, 0.15) is 0 Å². The number of rotatable bonds is 7. The lowest BCUT2D eigenvalue weighted by Gasteiger charge is -2.16. The molecule has 21 heavy (non-hydrogen) atoms. The maximum absolute atomic E-state index is 4.70. The van der Waals surface area contributed by atoms with E-state index in [1.54, 1.807) is 16.4 Å². The van der Waals surface area contributed by atoms with E-state index in [1.807, 2.05) is 6.20 Å². The lowest BCUT2D eigenvalue weighted by atomic mass is 10.1. The third kappa shape index (κ3) is 4.31. The Morgan fingerprint density at radius 3 is 2.86 bits per heavy atom. The lowest BCUT2D eigenvalue weighted by Crippen LogP contribution is -2.22. The minimum absolute atomic E-state index is 0.428. The summed E-state index contributed by atoms with van der Waals surface area (Å²) in [5, 5.41) is 4.93. The van der Waals surface area contributed by atoms with Gasteiger partial charge >= 0.3 is 0 Å². The van der Waals surface area contributed by atoms with Gasteiger partial charge in [0.15, 0.2) is 5.16 Å². The standard InChI is InChI=1S/C15H21BrN4S/c1-4-19(5-2)11-21-15-18-14(10-20(15)17-3)12-6-8-13(16)9-7-12/h6-8,10,13H,3-5,9,11H2,1-2H3. The summed E-state index contributed by atoms with van der Waals surface area (Å²) in [4.78, 5) is 7.48. The van der Waals surface area contributed by atoms with Gasteiger partial charge in [-0.15, -0.1) is 0 Å². The van der Waals surface area contributed by atoms with Gasteiger partial charge in [-0.25, -0.2) is 9.66 Å². The second-order valence-corrected chi connectivity index (χ2v) is 6.83. The van der Waals surface area contributed by atoms with Crippen molar-refractivity contribution < 1.29 is 0 Å². The van der Waals surface area contributed by atoms with E-state index in [-0.39, 0.29) is 0 Å². The number of hydrogen-bond donors (Lipinski definition) is 0. The number of thioether (sulfide) groups is 1. The van der Waals surface area contributed by atoms with Gasteiger partial charge in [0.25, 0.3) is 0 Å². The molecule has 1 aliphatic rings. The fourth-order valence-corrected chi connectivity index (χ4v) is 3.44.